The van der Waals surface area contributed by atoms with Crippen LogP contribution in [-0.2, 0) is 6.42 Å². The Hall–Kier alpha value is -1.11. The summed E-state index contributed by atoms with van der Waals surface area (Å²) in [6.45, 7) is 4.89. The summed E-state index contributed by atoms with van der Waals surface area (Å²) in [5.74, 6) is 1.80. The summed E-state index contributed by atoms with van der Waals surface area (Å²) >= 11 is 0. The highest BCUT2D eigenvalue weighted by Gasteiger charge is 2.50. The van der Waals surface area contributed by atoms with Gasteiger partial charge in [-0.05, 0) is 55.1 Å². The molecule has 2 unspecified atom stereocenters. The molecular weight excluding hydrogens is 206 g/mol. The molecule has 0 amide bonds. The Balaban J connectivity index is 1.65. The minimum absolute atomic E-state index is 0.564. The minimum Gasteiger partial charge on any atom is -0.261 e. The van der Waals surface area contributed by atoms with Crippen LogP contribution in [0.1, 0.15) is 38.8 Å². The lowest BCUT2D eigenvalue weighted by atomic mass is 9.48. The van der Waals surface area contributed by atoms with E-state index in [1.165, 1.54) is 25.0 Å². The van der Waals surface area contributed by atoms with Gasteiger partial charge in [0.05, 0.1) is 0 Å². The third-order valence-corrected chi connectivity index (χ3v) is 4.98. The molecule has 1 aromatic rings. The molecule has 3 aliphatic carbocycles. The number of nitrogens with zero attached hydrogens (tertiary/aromatic N) is 1. The van der Waals surface area contributed by atoms with Crippen LogP contribution in [-0.4, -0.2) is 4.98 Å². The van der Waals surface area contributed by atoms with E-state index < -0.39 is 0 Å². The van der Waals surface area contributed by atoms with Crippen molar-refractivity contribution in [2.45, 2.75) is 39.5 Å². The van der Waals surface area contributed by atoms with Gasteiger partial charge in [-0.1, -0.05) is 31.6 Å². The molecule has 4 rings (SSSR count). The second-order valence-corrected chi connectivity index (χ2v) is 6.14. The van der Waals surface area contributed by atoms with Gasteiger partial charge in [0, 0.05) is 11.9 Å². The van der Waals surface area contributed by atoms with Gasteiger partial charge in [0.2, 0.25) is 0 Å². The van der Waals surface area contributed by atoms with E-state index in [9.17, 15) is 0 Å². The van der Waals surface area contributed by atoms with E-state index >= 15 is 0 Å². The lowest BCUT2D eigenvalue weighted by Gasteiger charge is -2.56. The number of allylic oxidation sites excluding steroid dienone is 2. The van der Waals surface area contributed by atoms with Crippen molar-refractivity contribution in [1.82, 2.24) is 4.98 Å². The molecule has 3 aliphatic rings. The SMILES string of the molecule is CC1(C)C2CC=C(CCc3ccccn3)C1C2. The van der Waals surface area contributed by atoms with Crippen LogP contribution in [0, 0.1) is 17.3 Å². The van der Waals surface area contributed by atoms with Crippen LogP contribution < -0.4 is 0 Å². The molecule has 0 aromatic carbocycles. The Labute approximate surface area is 104 Å². The van der Waals surface area contributed by atoms with Crippen LogP contribution in [0.2, 0.25) is 0 Å². The number of aryl methyl sites for hydroxylation is 1. The maximum atomic E-state index is 4.41. The summed E-state index contributed by atoms with van der Waals surface area (Å²) in [5, 5.41) is 0. The summed E-state index contributed by atoms with van der Waals surface area (Å²) in [6, 6.07) is 6.21. The van der Waals surface area contributed by atoms with Crippen molar-refractivity contribution < 1.29 is 0 Å². The van der Waals surface area contributed by atoms with Crippen molar-refractivity contribution in [2.24, 2.45) is 17.3 Å². The number of hydrogen-bond acceptors (Lipinski definition) is 1. The third-order valence-electron chi connectivity index (χ3n) is 4.98. The maximum Gasteiger partial charge on any atom is 0.0406 e. The second kappa shape index (κ2) is 3.97. The maximum absolute atomic E-state index is 4.41. The largest absolute Gasteiger partial charge is 0.261 e. The fourth-order valence-corrected chi connectivity index (χ4v) is 3.58. The van der Waals surface area contributed by atoms with Gasteiger partial charge >= 0.3 is 0 Å². The van der Waals surface area contributed by atoms with E-state index in [1.807, 2.05) is 12.3 Å². The summed E-state index contributed by atoms with van der Waals surface area (Å²) < 4.78 is 0. The van der Waals surface area contributed by atoms with Crippen LogP contribution in [0.3, 0.4) is 0 Å². The molecule has 0 spiro atoms. The van der Waals surface area contributed by atoms with Gasteiger partial charge in [0.25, 0.3) is 0 Å². The lowest BCUT2D eigenvalue weighted by molar-refractivity contribution is -0.00818. The van der Waals surface area contributed by atoms with Crippen molar-refractivity contribution in [1.29, 1.82) is 0 Å². The molecule has 0 saturated heterocycles. The average Bonchev–Trinajstić information content (AvgIpc) is 2.37. The Morgan fingerprint density at radius 1 is 1.29 bits per heavy atom. The Morgan fingerprint density at radius 3 is 2.82 bits per heavy atom. The van der Waals surface area contributed by atoms with Crippen LogP contribution >= 0.6 is 0 Å². The monoisotopic (exact) mass is 227 g/mol. The zero-order valence-corrected chi connectivity index (χ0v) is 10.8. The zero-order chi connectivity index (χ0) is 11.9. The van der Waals surface area contributed by atoms with Crippen molar-refractivity contribution >= 4 is 0 Å². The predicted octanol–water partition coefficient (Wildman–Crippen LogP) is 4.01. The molecule has 2 bridgehead atoms. The molecule has 1 saturated carbocycles. The first-order chi connectivity index (χ1) is 8.18. The van der Waals surface area contributed by atoms with Crippen LogP contribution in [0.5, 0.6) is 0 Å². The molecule has 90 valence electrons. The van der Waals surface area contributed by atoms with Gasteiger partial charge in [-0.25, -0.2) is 0 Å². The first-order valence-corrected chi connectivity index (χ1v) is 6.77. The van der Waals surface area contributed by atoms with Gasteiger partial charge in [0.1, 0.15) is 0 Å². The third kappa shape index (κ3) is 1.82. The average molecular weight is 227 g/mol. The highest BCUT2D eigenvalue weighted by molar-refractivity contribution is 5.24. The number of aromatic nitrogens is 1. The van der Waals surface area contributed by atoms with Gasteiger partial charge in [-0.2, -0.15) is 0 Å². The first kappa shape index (κ1) is 11.0. The molecule has 17 heavy (non-hydrogen) atoms. The van der Waals surface area contributed by atoms with Crippen LogP contribution in [0.15, 0.2) is 36.0 Å². The summed E-state index contributed by atoms with van der Waals surface area (Å²) in [5.41, 5.74) is 3.49. The van der Waals surface area contributed by atoms with E-state index in [0.717, 1.165) is 18.3 Å². The highest BCUT2D eigenvalue weighted by atomic mass is 14.7. The van der Waals surface area contributed by atoms with Crippen LogP contribution in [0.4, 0.5) is 0 Å². The lowest BCUT2D eigenvalue weighted by Crippen LogP contribution is -2.48. The van der Waals surface area contributed by atoms with Crippen molar-refractivity contribution in [3.05, 3.63) is 41.7 Å². The van der Waals surface area contributed by atoms with Crippen molar-refractivity contribution in [3.63, 3.8) is 0 Å². The molecule has 1 heterocycles. The van der Waals surface area contributed by atoms with E-state index in [1.54, 1.807) is 5.57 Å². The summed E-state index contributed by atoms with van der Waals surface area (Å²) in [4.78, 5) is 4.41. The highest BCUT2D eigenvalue weighted by Crippen LogP contribution is 2.59. The van der Waals surface area contributed by atoms with E-state index in [4.69, 9.17) is 0 Å². The molecule has 1 fully saturated rings. The normalized spacial score (nSPS) is 29.4. The quantitative estimate of drug-likeness (QED) is 0.711. The van der Waals surface area contributed by atoms with Gasteiger partial charge in [-0.3, -0.25) is 4.98 Å². The molecule has 1 aromatic heterocycles. The van der Waals surface area contributed by atoms with Gasteiger partial charge in [-0.15, -0.1) is 0 Å². The van der Waals surface area contributed by atoms with E-state index in [2.05, 4.69) is 37.0 Å². The fraction of sp³-hybridized carbons (Fsp3) is 0.562. The number of fused-ring (bicyclic) bond motifs is 1. The first-order valence-electron chi connectivity index (χ1n) is 6.77. The second-order valence-electron chi connectivity index (χ2n) is 6.14. The molecular formula is C16H21N. The van der Waals surface area contributed by atoms with E-state index in [0.29, 0.717) is 5.41 Å². The zero-order valence-electron chi connectivity index (χ0n) is 10.8. The Morgan fingerprint density at radius 2 is 2.18 bits per heavy atom. The van der Waals surface area contributed by atoms with Gasteiger partial charge in [0.15, 0.2) is 0 Å². The van der Waals surface area contributed by atoms with E-state index in [-0.39, 0.29) is 0 Å². The Kier molecular flexibility index (Phi) is 2.57. The topological polar surface area (TPSA) is 12.9 Å². The number of pyridine rings is 1. The molecule has 0 aliphatic heterocycles. The number of rotatable bonds is 3. The van der Waals surface area contributed by atoms with Gasteiger partial charge < -0.3 is 0 Å². The molecule has 1 heteroatoms. The number of hydrogen-bond donors (Lipinski definition) is 0. The smallest absolute Gasteiger partial charge is 0.0406 e. The fourth-order valence-electron chi connectivity index (χ4n) is 3.58. The summed E-state index contributed by atoms with van der Waals surface area (Å²) in [7, 11) is 0. The molecule has 2 atom stereocenters. The molecule has 1 nitrogen and oxygen atoms in total. The van der Waals surface area contributed by atoms with Crippen molar-refractivity contribution in [2.75, 3.05) is 0 Å². The molecule has 0 N–H and O–H groups in total. The Bertz CT molecular complexity index is 430. The van der Waals surface area contributed by atoms with Crippen molar-refractivity contribution in [3.8, 4) is 0 Å². The standard InChI is InChI=1S/C16H21N/c1-16(2)13-8-6-12(15(16)11-13)7-9-14-5-3-4-10-17-14/h3-6,10,13,15H,7-9,11H2,1-2H3. The molecule has 0 radical (unpaired) electrons. The summed E-state index contributed by atoms with van der Waals surface area (Å²) in [6.07, 6.45) is 9.45. The predicted molar refractivity (Wildman–Crippen MR) is 70.6 cm³/mol. The minimum atomic E-state index is 0.564. The van der Waals surface area contributed by atoms with Crippen LogP contribution in [0.25, 0.3) is 0 Å².